The van der Waals surface area contributed by atoms with Crippen LogP contribution in [0.15, 0.2) is 36.4 Å². The van der Waals surface area contributed by atoms with Gasteiger partial charge in [0.05, 0.1) is 19.2 Å². The van der Waals surface area contributed by atoms with Gasteiger partial charge in [-0.05, 0) is 37.1 Å². The molecule has 0 bridgehead atoms. The van der Waals surface area contributed by atoms with Crippen LogP contribution in [0, 0.1) is 6.92 Å². The quantitative estimate of drug-likeness (QED) is 0.649. The molecule has 2 aromatic heterocycles. The van der Waals surface area contributed by atoms with Crippen molar-refractivity contribution in [3.63, 3.8) is 0 Å². The number of carbonyl (C=O) groups is 1. The van der Waals surface area contributed by atoms with Crippen LogP contribution in [0.2, 0.25) is 0 Å². The molecular formula is C21H21F3N4O2. The van der Waals surface area contributed by atoms with E-state index >= 15 is 0 Å². The first-order valence-corrected chi connectivity index (χ1v) is 9.60. The van der Waals surface area contributed by atoms with Gasteiger partial charge in [0.2, 0.25) is 5.91 Å². The second kappa shape index (κ2) is 7.62. The van der Waals surface area contributed by atoms with Crippen molar-refractivity contribution in [2.75, 3.05) is 20.2 Å². The Morgan fingerprint density at radius 3 is 2.63 bits per heavy atom. The van der Waals surface area contributed by atoms with Gasteiger partial charge in [0.25, 0.3) is 0 Å². The maximum absolute atomic E-state index is 13.4. The molecule has 1 fully saturated rings. The number of hydrogen-bond donors (Lipinski definition) is 0. The molecule has 0 aliphatic carbocycles. The molecule has 4 rings (SSSR count). The highest BCUT2D eigenvalue weighted by molar-refractivity contribution is 5.79. The number of hydrogen-bond acceptors (Lipinski definition) is 4. The van der Waals surface area contributed by atoms with Crippen LogP contribution in [0.3, 0.4) is 0 Å². The van der Waals surface area contributed by atoms with Crippen molar-refractivity contribution in [1.82, 2.24) is 19.5 Å². The number of fused-ring (bicyclic) bond motifs is 1. The van der Waals surface area contributed by atoms with E-state index in [1.54, 1.807) is 30.2 Å². The number of methoxy groups -OCH3 is 1. The molecule has 1 saturated heterocycles. The standard InChI is InChI=1S/C21H21F3N4O2/c1-13-9-18(21(22,23)24)28-19(25-13)11-17(26-28)15-7-8-27(12-15)20(29)10-14-3-5-16(30-2)6-4-14/h3-6,9,11,15H,7-8,10,12H2,1-2H3/t15-/m1/s1. The molecule has 0 saturated carbocycles. The maximum Gasteiger partial charge on any atom is 0.433 e. The molecule has 1 aliphatic heterocycles. The molecular weight excluding hydrogens is 397 g/mol. The van der Waals surface area contributed by atoms with E-state index in [0.717, 1.165) is 21.9 Å². The third kappa shape index (κ3) is 3.96. The van der Waals surface area contributed by atoms with E-state index in [-0.39, 0.29) is 29.6 Å². The summed E-state index contributed by atoms with van der Waals surface area (Å²) in [5, 5.41) is 4.18. The van der Waals surface area contributed by atoms with Gasteiger partial charge in [-0.3, -0.25) is 4.79 Å². The Morgan fingerprint density at radius 2 is 1.97 bits per heavy atom. The number of nitrogens with zero attached hydrogens (tertiary/aromatic N) is 4. The fraction of sp³-hybridized carbons (Fsp3) is 0.381. The van der Waals surface area contributed by atoms with E-state index in [1.807, 2.05) is 12.1 Å². The molecule has 0 spiro atoms. The largest absolute Gasteiger partial charge is 0.497 e. The van der Waals surface area contributed by atoms with Gasteiger partial charge in [-0.2, -0.15) is 18.3 Å². The van der Waals surface area contributed by atoms with Gasteiger partial charge in [-0.1, -0.05) is 12.1 Å². The minimum Gasteiger partial charge on any atom is -0.497 e. The smallest absolute Gasteiger partial charge is 0.433 e. The van der Waals surface area contributed by atoms with E-state index in [0.29, 0.717) is 25.2 Å². The zero-order chi connectivity index (χ0) is 21.5. The Hall–Kier alpha value is -3.10. The second-order valence-electron chi connectivity index (χ2n) is 7.47. The summed E-state index contributed by atoms with van der Waals surface area (Å²) in [6.07, 6.45) is -3.61. The Kier molecular flexibility index (Phi) is 5.13. The lowest BCUT2D eigenvalue weighted by Gasteiger charge is -2.16. The monoisotopic (exact) mass is 418 g/mol. The van der Waals surface area contributed by atoms with Crippen molar-refractivity contribution in [2.45, 2.75) is 31.9 Å². The average molecular weight is 418 g/mol. The molecule has 0 radical (unpaired) electrons. The predicted octanol–water partition coefficient (Wildman–Crippen LogP) is 3.62. The highest BCUT2D eigenvalue weighted by Gasteiger charge is 2.36. The fourth-order valence-corrected chi connectivity index (χ4v) is 3.78. The first-order chi connectivity index (χ1) is 14.2. The Morgan fingerprint density at radius 1 is 1.23 bits per heavy atom. The molecule has 1 atom stereocenters. The van der Waals surface area contributed by atoms with Crippen molar-refractivity contribution in [3.05, 3.63) is 59.0 Å². The van der Waals surface area contributed by atoms with E-state index in [9.17, 15) is 18.0 Å². The Balaban J connectivity index is 1.50. The molecule has 3 aromatic rings. The van der Waals surface area contributed by atoms with Gasteiger partial charge in [-0.15, -0.1) is 0 Å². The number of aromatic nitrogens is 3. The number of benzene rings is 1. The third-order valence-corrected chi connectivity index (χ3v) is 5.34. The van der Waals surface area contributed by atoms with Crippen LogP contribution in [0.4, 0.5) is 13.2 Å². The Bertz CT molecular complexity index is 1080. The summed E-state index contributed by atoms with van der Waals surface area (Å²) < 4.78 is 46.0. The van der Waals surface area contributed by atoms with Gasteiger partial charge in [0.1, 0.15) is 11.4 Å². The lowest BCUT2D eigenvalue weighted by molar-refractivity contribution is -0.142. The number of rotatable bonds is 4. The first kappa shape index (κ1) is 20.2. The lowest BCUT2D eigenvalue weighted by Crippen LogP contribution is -2.29. The summed E-state index contributed by atoms with van der Waals surface area (Å²) in [6, 6.07) is 9.88. The molecule has 0 N–H and O–H groups in total. The summed E-state index contributed by atoms with van der Waals surface area (Å²) >= 11 is 0. The fourth-order valence-electron chi connectivity index (χ4n) is 3.78. The molecule has 1 aromatic carbocycles. The molecule has 9 heteroatoms. The molecule has 0 unspecified atom stereocenters. The SMILES string of the molecule is COc1ccc(CC(=O)N2CC[C@@H](c3cc4nc(C)cc(C(F)(F)F)n4n3)C2)cc1. The lowest BCUT2D eigenvalue weighted by atomic mass is 10.1. The summed E-state index contributed by atoms with van der Waals surface area (Å²) in [6.45, 7) is 2.50. The van der Waals surface area contributed by atoms with Crippen molar-refractivity contribution >= 4 is 11.6 Å². The zero-order valence-electron chi connectivity index (χ0n) is 16.6. The molecule has 3 heterocycles. The zero-order valence-corrected chi connectivity index (χ0v) is 16.6. The molecule has 1 amide bonds. The minimum atomic E-state index is -4.52. The minimum absolute atomic E-state index is 0.0172. The molecule has 1 aliphatic rings. The molecule has 6 nitrogen and oxygen atoms in total. The van der Waals surface area contributed by atoms with Crippen LogP contribution >= 0.6 is 0 Å². The van der Waals surface area contributed by atoms with Crippen LogP contribution < -0.4 is 4.74 Å². The van der Waals surface area contributed by atoms with Gasteiger partial charge in [0, 0.05) is 30.8 Å². The summed E-state index contributed by atoms with van der Waals surface area (Å²) in [4.78, 5) is 18.6. The topological polar surface area (TPSA) is 59.7 Å². The number of likely N-dealkylation sites (tertiary alicyclic amines) is 1. The van der Waals surface area contributed by atoms with Crippen LogP contribution in [0.1, 0.15) is 35.0 Å². The van der Waals surface area contributed by atoms with Crippen molar-refractivity contribution in [1.29, 1.82) is 0 Å². The van der Waals surface area contributed by atoms with Crippen molar-refractivity contribution in [3.8, 4) is 5.75 Å². The van der Waals surface area contributed by atoms with Gasteiger partial charge < -0.3 is 9.64 Å². The van der Waals surface area contributed by atoms with E-state index < -0.39 is 11.9 Å². The van der Waals surface area contributed by atoms with E-state index in [2.05, 4.69) is 10.1 Å². The van der Waals surface area contributed by atoms with Crippen LogP contribution in [0.5, 0.6) is 5.75 Å². The normalized spacial score (nSPS) is 17.0. The average Bonchev–Trinajstić information content (AvgIpc) is 3.34. The van der Waals surface area contributed by atoms with Crippen LogP contribution in [0.25, 0.3) is 5.65 Å². The second-order valence-corrected chi connectivity index (χ2v) is 7.47. The summed E-state index contributed by atoms with van der Waals surface area (Å²) in [5.74, 6) is 0.589. The van der Waals surface area contributed by atoms with Gasteiger partial charge in [0.15, 0.2) is 5.65 Å². The van der Waals surface area contributed by atoms with Crippen LogP contribution in [-0.4, -0.2) is 45.6 Å². The predicted molar refractivity (Wildman–Crippen MR) is 103 cm³/mol. The molecule has 30 heavy (non-hydrogen) atoms. The number of aryl methyl sites for hydroxylation is 1. The van der Waals surface area contributed by atoms with E-state index in [4.69, 9.17) is 4.74 Å². The number of ether oxygens (including phenoxy) is 1. The van der Waals surface area contributed by atoms with Gasteiger partial charge in [-0.25, -0.2) is 9.50 Å². The molecule has 158 valence electrons. The number of carbonyl (C=O) groups excluding carboxylic acids is 1. The number of halogens is 3. The van der Waals surface area contributed by atoms with Crippen molar-refractivity contribution in [2.24, 2.45) is 0 Å². The van der Waals surface area contributed by atoms with Gasteiger partial charge >= 0.3 is 6.18 Å². The number of amides is 1. The Labute approximate surface area is 171 Å². The maximum atomic E-state index is 13.4. The third-order valence-electron chi connectivity index (χ3n) is 5.34. The van der Waals surface area contributed by atoms with E-state index in [1.165, 1.54) is 6.92 Å². The number of alkyl halides is 3. The first-order valence-electron chi connectivity index (χ1n) is 9.60. The summed E-state index contributed by atoms with van der Waals surface area (Å²) in [5.41, 5.74) is 1.01. The van der Waals surface area contributed by atoms with Crippen molar-refractivity contribution < 1.29 is 22.7 Å². The summed E-state index contributed by atoms with van der Waals surface area (Å²) in [7, 11) is 1.58. The highest BCUT2D eigenvalue weighted by atomic mass is 19.4. The van der Waals surface area contributed by atoms with Crippen LogP contribution in [-0.2, 0) is 17.4 Å². The highest BCUT2D eigenvalue weighted by Crippen LogP contribution is 2.32.